The number of carbonyl (C=O) groups excluding carboxylic acids is 1. The van der Waals surface area contributed by atoms with Crippen molar-refractivity contribution in [1.29, 1.82) is 0 Å². The molecule has 2 aromatic rings. The summed E-state index contributed by atoms with van der Waals surface area (Å²) in [6, 6.07) is 2.02. The summed E-state index contributed by atoms with van der Waals surface area (Å²) in [4.78, 5) is 14.1. The molecule has 0 saturated carbocycles. The first-order valence-electron chi connectivity index (χ1n) is 5.32. The lowest BCUT2D eigenvalue weighted by Crippen LogP contribution is -2.09. The molecule has 0 fully saturated rings. The van der Waals surface area contributed by atoms with Crippen molar-refractivity contribution < 1.29 is 4.79 Å². The van der Waals surface area contributed by atoms with Crippen LogP contribution in [0.1, 0.15) is 20.1 Å². The molecule has 17 heavy (non-hydrogen) atoms. The number of rotatable bonds is 2. The molecule has 0 aliphatic carbocycles. The summed E-state index contributed by atoms with van der Waals surface area (Å²) in [6.45, 7) is 0. The number of H-pyrrole nitrogens is 1. The van der Waals surface area contributed by atoms with Crippen molar-refractivity contribution in [1.82, 2.24) is 10.2 Å². The van der Waals surface area contributed by atoms with Gasteiger partial charge in [-0.1, -0.05) is 0 Å². The highest BCUT2D eigenvalue weighted by molar-refractivity contribution is 7.98. The Bertz CT molecular complexity index is 509. The van der Waals surface area contributed by atoms with E-state index in [1.807, 2.05) is 17.8 Å². The summed E-state index contributed by atoms with van der Waals surface area (Å²) in [5, 5.41) is 9.28. The largest absolute Gasteiger partial charge is 0.319 e. The predicted molar refractivity (Wildman–Crippen MR) is 70.7 cm³/mol. The lowest BCUT2D eigenvalue weighted by atomic mass is 10.2. The SMILES string of the molecule is O=C(Nc1cn[nH]c1)c1cc2c(s1)CCSC2. The standard InChI is InChI=1S/C11H11N3OS2/c15-11(14-8-4-12-13-5-8)10-3-7-6-16-2-1-9(7)17-10/h3-5H,1-2,6H2,(H,12,13)(H,14,15). The van der Waals surface area contributed by atoms with Crippen LogP contribution in [0.4, 0.5) is 5.69 Å². The van der Waals surface area contributed by atoms with Crippen LogP contribution in [-0.4, -0.2) is 21.9 Å². The molecule has 2 aromatic heterocycles. The second-order valence-corrected chi connectivity index (χ2v) is 6.04. The van der Waals surface area contributed by atoms with Gasteiger partial charge in [0.1, 0.15) is 0 Å². The number of aromatic nitrogens is 2. The van der Waals surface area contributed by atoms with Crippen molar-refractivity contribution in [3.63, 3.8) is 0 Å². The summed E-state index contributed by atoms with van der Waals surface area (Å²) in [5.41, 5.74) is 2.03. The molecule has 88 valence electrons. The van der Waals surface area contributed by atoms with Crippen LogP contribution in [0.15, 0.2) is 18.5 Å². The molecule has 0 bridgehead atoms. The van der Waals surface area contributed by atoms with Gasteiger partial charge >= 0.3 is 0 Å². The van der Waals surface area contributed by atoms with E-state index in [4.69, 9.17) is 0 Å². The number of anilines is 1. The predicted octanol–water partition coefficient (Wildman–Crippen LogP) is 2.51. The topological polar surface area (TPSA) is 57.8 Å². The lowest BCUT2D eigenvalue weighted by Gasteiger charge is -2.08. The summed E-state index contributed by atoms with van der Waals surface area (Å²) in [7, 11) is 0. The van der Waals surface area contributed by atoms with Gasteiger partial charge in [0, 0.05) is 16.8 Å². The van der Waals surface area contributed by atoms with Crippen LogP contribution >= 0.6 is 23.1 Å². The maximum Gasteiger partial charge on any atom is 0.265 e. The number of hydrogen-bond donors (Lipinski definition) is 2. The van der Waals surface area contributed by atoms with Crippen LogP contribution in [0.5, 0.6) is 0 Å². The first-order chi connectivity index (χ1) is 8.33. The monoisotopic (exact) mass is 265 g/mol. The average molecular weight is 265 g/mol. The smallest absolute Gasteiger partial charge is 0.265 e. The van der Waals surface area contributed by atoms with Gasteiger partial charge < -0.3 is 5.32 Å². The number of thioether (sulfide) groups is 1. The van der Waals surface area contributed by atoms with E-state index in [1.54, 1.807) is 23.7 Å². The molecule has 0 unspecified atom stereocenters. The lowest BCUT2D eigenvalue weighted by molar-refractivity contribution is 0.103. The zero-order chi connectivity index (χ0) is 11.7. The molecule has 3 rings (SSSR count). The zero-order valence-electron chi connectivity index (χ0n) is 9.03. The molecule has 0 radical (unpaired) electrons. The van der Waals surface area contributed by atoms with E-state index in [9.17, 15) is 4.79 Å². The van der Waals surface area contributed by atoms with Crippen LogP contribution in [0.25, 0.3) is 0 Å². The van der Waals surface area contributed by atoms with Crippen LogP contribution in [0.2, 0.25) is 0 Å². The highest BCUT2D eigenvalue weighted by atomic mass is 32.2. The van der Waals surface area contributed by atoms with Crippen molar-refractivity contribution >= 4 is 34.7 Å². The second-order valence-electron chi connectivity index (χ2n) is 3.80. The van der Waals surface area contributed by atoms with Crippen molar-refractivity contribution in [2.24, 2.45) is 0 Å². The maximum absolute atomic E-state index is 12.0. The van der Waals surface area contributed by atoms with Crippen molar-refractivity contribution in [3.8, 4) is 0 Å². The molecule has 3 heterocycles. The number of aryl methyl sites for hydroxylation is 1. The van der Waals surface area contributed by atoms with Crippen LogP contribution < -0.4 is 5.32 Å². The summed E-state index contributed by atoms with van der Waals surface area (Å²) >= 11 is 3.54. The molecular weight excluding hydrogens is 254 g/mol. The Morgan fingerprint density at radius 3 is 3.24 bits per heavy atom. The molecular formula is C11H11N3OS2. The van der Waals surface area contributed by atoms with Crippen LogP contribution in [-0.2, 0) is 12.2 Å². The second kappa shape index (κ2) is 4.54. The Hall–Kier alpha value is -1.27. The molecule has 2 N–H and O–H groups in total. The molecule has 4 nitrogen and oxygen atoms in total. The van der Waals surface area contributed by atoms with Gasteiger partial charge in [-0.05, 0) is 23.8 Å². The normalized spacial score (nSPS) is 14.4. The zero-order valence-corrected chi connectivity index (χ0v) is 10.7. The van der Waals surface area contributed by atoms with Gasteiger partial charge in [0.05, 0.1) is 16.8 Å². The van der Waals surface area contributed by atoms with E-state index in [2.05, 4.69) is 15.5 Å². The Labute approximate surface area is 107 Å². The number of carbonyl (C=O) groups is 1. The maximum atomic E-state index is 12.0. The van der Waals surface area contributed by atoms with E-state index >= 15 is 0 Å². The van der Waals surface area contributed by atoms with Gasteiger partial charge in [-0.25, -0.2) is 0 Å². The van der Waals surface area contributed by atoms with E-state index < -0.39 is 0 Å². The molecule has 0 saturated heterocycles. The van der Waals surface area contributed by atoms with Crippen molar-refractivity contribution in [2.45, 2.75) is 12.2 Å². The number of amides is 1. The van der Waals surface area contributed by atoms with E-state index in [0.29, 0.717) is 5.69 Å². The molecule has 1 aliphatic heterocycles. The van der Waals surface area contributed by atoms with Crippen molar-refractivity contribution in [2.75, 3.05) is 11.1 Å². The summed E-state index contributed by atoms with van der Waals surface area (Å²) in [5.74, 6) is 2.15. The van der Waals surface area contributed by atoms with Gasteiger partial charge in [-0.2, -0.15) is 16.9 Å². The Morgan fingerprint density at radius 1 is 1.53 bits per heavy atom. The fourth-order valence-corrected chi connectivity index (χ4v) is 4.04. The number of nitrogens with zero attached hydrogens (tertiary/aromatic N) is 1. The van der Waals surface area contributed by atoms with Gasteiger partial charge in [0.15, 0.2) is 0 Å². The third-order valence-electron chi connectivity index (χ3n) is 2.61. The number of aromatic amines is 1. The van der Waals surface area contributed by atoms with E-state index in [1.165, 1.54) is 10.4 Å². The van der Waals surface area contributed by atoms with Gasteiger partial charge in [0.25, 0.3) is 5.91 Å². The fourth-order valence-electron chi connectivity index (χ4n) is 1.77. The van der Waals surface area contributed by atoms with Gasteiger partial charge in [-0.15, -0.1) is 11.3 Å². The quantitative estimate of drug-likeness (QED) is 0.877. The van der Waals surface area contributed by atoms with Crippen LogP contribution in [0, 0.1) is 0 Å². The Morgan fingerprint density at radius 2 is 2.47 bits per heavy atom. The summed E-state index contributed by atoms with van der Waals surface area (Å²) < 4.78 is 0. The molecule has 1 amide bonds. The fraction of sp³-hybridized carbons (Fsp3) is 0.273. The minimum Gasteiger partial charge on any atom is -0.319 e. The third kappa shape index (κ3) is 2.23. The molecule has 1 aliphatic rings. The molecule has 0 aromatic carbocycles. The van der Waals surface area contributed by atoms with Gasteiger partial charge in [0.2, 0.25) is 0 Å². The average Bonchev–Trinajstić information content (AvgIpc) is 2.96. The highest BCUT2D eigenvalue weighted by Gasteiger charge is 2.17. The molecule has 6 heteroatoms. The number of thiophene rings is 1. The Balaban J connectivity index is 1.79. The minimum atomic E-state index is -0.0456. The number of hydrogen-bond acceptors (Lipinski definition) is 4. The third-order valence-corrected chi connectivity index (χ3v) is 4.85. The number of fused-ring (bicyclic) bond motifs is 1. The molecule has 0 atom stereocenters. The minimum absolute atomic E-state index is 0.0456. The number of nitrogens with one attached hydrogen (secondary N) is 2. The van der Waals surface area contributed by atoms with E-state index in [0.717, 1.165) is 22.8 Å². The van der Waals surface area contributed by atoms with Crippen LogP contribution in [0.3, 0.4) is 0 Å². The summed E-state index contributed by atoms with van der Waals surface area (Å²) in [6.07, 6.45) is 4.35. The molecule has 0 spiro atoms. The highest BCUT2D eigenvalue weighted by Crippen LogP contribution is 2.31. The first kappa shape index (κ1) is 10.9. The van der Waals surface area contributed by atoms with E-state index in [-0.39, 0.29) is 5.91 Å². The Kier molecular flexibility index (Phi) is 2.90. The van der Waals surface area contributed by atoms with Gasteiger partial charge in [-0.3, -0.25) is 9.89 Å². The van der Waals surface area contributed by atoms with Crippen molar-refractivity contribution in [3.05, 3.63) is 33.8 Å². The first-order valence-corrected chi connectivity index (χ1v) is 7.29.